The summed E-state index contributed by atoms with van der Waals surface area (Å²) < 4.78 is 27.8. The molecule has 0 heterocycles. The van der Waals surface area contributed by atoms with Crippen LogP contribution in [0.3, 0.4) is 0 Å². The largest absolute Gasteiger partial charge is 0.325 e. The molecule has 0 aliphatic rings. The van der Waals surface area contributed by atoms with Crippen molar-refractivity contribution < 1.29 is 13.2 Å². The molecule has 0 aliphatic heterocycles. The molecule has 0 bridgehead atoms. The first-order valence-corrected chi connectivity index (χ1v) is 11.0. The molecule has 1 rings (SSSR count). The number of carbonyl (C=O) groups excluding carboxylic acids is 1. The van der Waals surface area contributed by atoms with Gasteiger partial charge in [-0.25, -0.2) is 13.1 Å². The van der Waals surface area contributed by atoms with E-state index in [4.69, 9.17) is 0 Å². The van der Waals surface area contributed by atoms with E-state index in [2.05, 4.69) is 23.9 Å². The normalized spacial score (nSPS) is 12.8. The first-order valence-electron chi connectivity index (χ1n) is 8.29. The molecule has 1 unspecified atom stereocenters. The SMILES string of the molecule is CCCCC(CC)CNS(=O)(=O)c1ccc(SC)c(NC(C)=O)c1. The molecule has 24 heavy (non-hydrogen) atoms. The van der Waals surface area contributed by atoms with E-state index in [0.717, 1.165) is 30.6 Å². The Kier molecular flexibility index (Phi) is 8.80. The first-order chi connectivity index (χ1) is 11.3. The van der Waals surface area contributed by atoms with Gasteiger partial charge in [0, 0.05) is 18.4 Å². The van der Waals surface area contributed by atoms with Gasteiger partial charge in [0.2, 0.25) is 15.9 Å². The molecule has 0 radical (unpaired) electrons. The Hall–Kier alpha value is -1.05. The molecule has 1 atom stereocenters. The van der Waals surface area contributed by atoms with E-state index in [9.17, 15) is 13.2 Å². The first kappa shape index (κ1) is 21.0. The summed E-state index contributed by atoms with van der Waals surface area (Å²) in [6.45, 7) is 6.06. The predicted octanol–water partition coefficient (Wildman–Crippen LogP) is 3.86. The number of nitrogens with one attached hydrogen (secondary N) is 2. The highest BCUT2D eigenvalue weighted by Crippen LogP contribution is 2.28. The second-order valence-corrected chi connectivity index (χ2v) is 8.43. The van der Waals surface area contributed by atoms with Crippen LogP contribution in [0.1, 0.15) is 46.5 Å². The van der Waals surface area contributed by atoms with Gasteiger partial charge in [0.15, 0.2) is 0 Å². The van der Waals surface area contributed by atoms with E-state index in [1.807, 2.05) is 6.26 Å². The summed E-state index contributed by atoms with van der Waals surface area (Å²) in [6.07, 6.45) is 6.07. The number of sulfonamides is 1. The minimum Gasteiger partial charge on any atom is -0.325 e. The zero-order valence-electron chi connectivity index (χ0n) is 14.9. The van der Waals surface area contributed by atoms with Crippen molar-refractivity contribution in [1.82, 2.24) is 4.72 Å². The number of hydrogen-bond donors (Lipinski definition) is 2. The Morgan fingerprint density at radius 3 is 2.54 bits per heavy atom. The average Bonchev–Trinajstić information content (AvgIpc) is 2.54. The smallest absolute Gasteiger partial charge is 0.240 e. The number of unbranched alkanes of at least 4 members (excludes halogenated alkanes) is 1. The van der Waals surface area contributed by atoms with E-state index in [1.165, 1.54) is 24.8 Å². The minimum absolute atomic E-state index is 0.175. The molecular formula is C17H28N2O3S2. The molecule has 1 aromatic rings. The average molecular weight is 373 g/mol. The summed E-state index contributed by atoms with van der Waals surface area (Å²) in [5.74, 6) is 0.124. The van der Waals surface area contributed by atoms with E-state index in [0.29, 0.717) is 18.2 Å². The third kappa shape index (κ3) is 6.45. The number of rotatable bonds is 10. The molecule has 1 amide bonds. The van der Waals surface area contributed by atoms with Crippen LogP contribution in [0.25, 0.3) is 0 Å². The summed E-state index contributed by atoms with van der Waals surface area (Å²) in [5.41, 5.74) is 0.524. The fraction of sp³-hybridized carbons (Fsp3) is 0.588. The lowest BCUT2D eigenvalue weighted by Gasteiger charge is -2.16. The second kappa shape index (κ2) is 10.1. The van der Waals surface area contributed by atoms with Crippen LogP contribution in [0.2, 0.25) is 0 Å². The van der Waals surface area contributed by atoms with Crippen LogP contribution >= 0.6 is 11.8 Å². The van der Waals surface area contributed by atoms with Crippen molar-refractivity contribution in [3.63, 3.8) is 0 Å². The molecule has 1 aromatic carbocycles. The highest BCUT2D eigenvalue weighted by Gasteiger charge is 2.18. The predicted molar refractivity (Wildman–Crippen MR) is 101 cm³/mol. The van der Waals surface area contributed by atoms with Gasteiger partial charge in [-0.1, -0.05) is 33.1 Å². The van der Waals surface area contributed by atoms with Gasteiger partial charge in [0.25, 0.3) is 0 Å². The van der Waals surface area contributed by atoms with Crippen LogP contribution in [0, 0.1) is 5.92 Å². The number of thioether (sulfide) groups is 1. The second-order valence-electron chi connectivity index (χ2n) is 5.81. The fourth-order valence-corrected chi connectivity index (χ4v) is 4.07. The molecule has 2 N–H and O–H groups in total. The maximum atomic E-state index is 12.5. The van der Waals surface area contributed by atoms with Crippen LogP contribution in [-0.4, -0.2) is 27.1 Å². The molecule has 0 spiro atoms. The van der Waals surface area contributed by atoms with Gasteiger partial charge in [0.1, 0.15) is 0 Å². The molecule has 0 saturated heterocycles. The standard InChI is InChI=1S/C17H28N2O3S2/c1-5-7-8-14(6-2)12-18-24(21,22)15-9-10-17(23-4)16(11-15)19-13(3)20/h9-11,14,18H,5-8,12H2,1-4H3,(H,19,20). The molecule has 7 heteroatoms. The van der Waals surface area contributed by atoms with Crippen molar-refractivity contribution >= 4 is 33.4 Å². The van der Waals surface area contributed by atoms with Crippen molar-refractivity contribution in [2.45, 2.75) is 56.2 Å². The van der Waals surface area contributed by atoms with Crippen LogP contribution in [0.4, 0.5) is 5.69 Å². The number of amides is 1. The number of carbonyl (C=O) groups is 1. The lowest BCUT2D eigenvalue weighted by molar-refractivity contribution is -0.114. The Morgan fingerprint density at radius 1 is 1.29 bits per heavy atom. The minimum atomic E-state index is -3.58. The van der Waals surface area contributed by atoms with Crippen LogP contribution in [-0.2, 0) is 14.8 Å². The Balaban J connectivity index is 2.91. The summed E-state index contributed by atoms with van der Waals surface area (Å²) in [4.78, 5) is 12.3. The third-order valence-corrected chi connectivity index (χ3v) is 6.11. The van der Waals surface area contributed by atoms with Crippen LogP contribution in [0.5, 0.6) is 0 Å². The maximum absolute atomic E-state index is 12.5. The van der Waals surface area contributed by atoms with Crippen molar-refractivity contribution in [2.24, 2.45) is 5.92 Å². The topological polar surface area (TPSA) is 75.3 Å². The molecule has 0 fully saturated rings. The van der Waals surface area contributed by atoms with Crippen molar-refractivity contribution in [1.29, 1.82) is 0 Å². The quantitative estimate of drug-likeness (QED) is 0.612. The van der Waals surface area contributed by atoms with Gasteiger partial charge in [-0.2, -0.15) is 0 Å². The highest BCUT2D eigenvalue weighted by molar-refractivity contribution is 7.98. The molecule has 5 nitrogen and oxygen atoms in total. The van der Waals surface area contributed by atoms with Crippen molar-refractivity contribution in [3.05, 3.63) is 18.2 Å². The Bertz CT molecular complexity index is 645. The fourth-order valence-electron chi connectivity index (χ4n) is 2.40. The number of anilines is 1. The Labute approximate surface area is 150 Å². The molecule has 0 aliphatic carbocycles. The summed E-state index contributed by atoms with van der Waals surface area (Å²) in [6, 6.07) is 4.81. The molecule has 0 saturated carbocycles. The van der Waals surface area contributed by atoms with Gasteiger partial charge in [-0.3, -0.25) is 4.79 Å². The van der Waals surface area contributed by atoms with E-state index in [-0.39, 0.29) is 10.8 Å². The van der Waals surface area contributed by atoms with E-state index >= 15 is 0 Å². The van der Waals surface area contributed by atoms with Crippen LogP contribution < -0.4 is 10.0 Å². The third-order valence-electron chi connectivity index (χ3n) is 3.90. The van der Waals surface area contributed by atoms with Gasteiger partial charge in [-0.15, -0.1) is 11.8 Å². The number of benzene rings is 1. The van der Waals surface area contributed by atoms with Crippen molar-refractivity contribution in [3.8, 4) is 0 Å². The Morgan fingerprint density at radius 2 is 2.00 bits per heavy atom. The highest BCUT2D eigenvalue weighted by atomic mass is 32.2. The molecular weight excluding hydrogens is 344 g/mol. The van der Waals surface area contributed by atoms with E-state index in [1.54, 1.807) is 12.1 Å². The van der Waals surface area contributed by atoms with E-state index < -0.39 is 10.0 Å². The monoisotopic (exact) mass is 372 g/mol. The van der Waals surface area contributed by atoms with Gasteiger partial charge < -0.3 is 5.32 Å². The lowest BCUT2D eigenvalue weighted by Crippen LogP contribution is -2.29. The summed E-state index contributed by atoms with van der Waals surface area (Å²) in [7, 11) is -3.58. The zero-order chi connectivity index (χ0) is 18.2. The van der Waals surface area contributed by atoms with Crippen LogP contribution in [0.15, 0.2) is 28.0 Å². The van der Waals surface area contributed by atoms with Gasteiger partial charge in [0.05, 0.1) is 10.6 Å². The van der Waals surface area contributed by atoms with Gasteiger partial charge in [-0.05, 0) is 36.8 Å². The zero-order valence-corrected chi connectivity index (χ0v) is 16.5. The van der Waals surface area contributed by atoms with Gasteiger partial charge >= 0.3 is 0 Å². The molecule has 136 valence electrons. The summed E-state index contributed by atoms with van der Waals surface area (Å²) in [5, 5.41) is 2.69. The lowest BCUT2D eigenvalue weighted by atomic mass is 10.00. The number of hydrogen-bond acceptors (Lipinski definition) is 4. The maximum Gasteiger partial charge on any atom is 0.240 e. The van der Waals surface area contributed by atoms with Crippen molar-refractivity contribution in [2.75, 3.05) is 18.1 Å². The molecule has 0 aromatic heterocycles. The summed E-state index contributed by atoms with van der Waals surface area (Å²) >= 11 is 1.46.